The summed E-state index contributed by atoms with van der Waals surface area (Å²) in [7, 11) is -3.70. The van der Waals surface area contributed by atoms with E-state index < -0.39 is 10.0 Å². The molecule has 1 unspecified atom stereocenters. The quantitative estimate of drug-likeness (QED) is 0.473. The lowest BCUT2D eigenvalue weighted by Gasteiger charge is -2.36. The van der Waals surface area contributed by atoms with E-state index in [4.69, 9.17) is 16.0 Å². The largest absolute Gasteiger partial charge is 0.461 e. The highest BCUT2D eigenvalue weighted by Gasteiger charge is 2.33. The van der Waals surface area contributed by atoms with Crippen molar-refractivity contribution in [1.29, 1.82) is 0 Å². The summed E-state index contributed by atoms with van der Waals surface area (Å²) in [4.78, 5) is 0.198. The topological polar surface area (TPSA) is 59.3 Å². The van der Waals surface area contributed by atoms with Gasteiger partial charge < -0.3 is 4.42 Å². The Morgan fingerprint density at radius 1 is 1.20 bits per heavy atom. The molecule has 1 N–H and O–H groups in total. The van der Waals surface area contributed by atoms with Gasteiger partial charge in [-0.3, -0.25) is 4.72 Å². The van der Waals surface area contributed by atoms with E-state index in [1.54, 1.807) is 25.1 Å². The normalized spacial score (nSPS) is 17.2. The zero-order chi connectivity index (χ0) is 21.7. The van der Waals surface area contributed by atoms with E-state index in [1.807, 2.05) is 12.1 Å². The predicted molar refractivity (Wildman–Crippen MR) is 123 cm³/mol. The highest BCUT2D eigenvalue weighted by molar-refractivity contribution is 7.92. The Bertz CT molecular complexity index is 1210. The van der Waals surface area contributed by atoms with Crippen LogP contribution in [-0.4, -0.2) is 8.42 Å². The molecule has 30 heavy (non-hydrogen) atoms. The van der Waals surface area contributed by atoms with Gasteiger partial charge in [-0.25, -0.2) is 8.42 Å². The number of sulfonamides is 1. The molecule has 0 radical (unpaired) electrons. The first-order valence-corrected chi connectivity index (χ1v) is 12.3. The fraction of sp³-hybridized carbons (Fsp3) is 0.417. The fourth-order valence-electron chi connectivity index (χ4n) is 4.30. The highest BCUT2D eigenvalue weighted by Crippen LogP contribution is 2.43. The Labute approximate surface area is 183 Å². The predicted octanol–water partition coefficient (Wildman–Crippen LogP) is 6.74. The number of hydrogen-bond acceptors (Lipinski definition) is 3. The third-order valence-electron chi connectivity index (χ3n) is 6.75. The second kappa shape index (κ2) is 7.61. The van der Waals surface area contributed by atoms with Crippen molar-refractivity contribution < 1.29 is 12.8 Å². The summed E-state index contributed by atoms with van der Waals surface area (Å²) in [5.74, 6) is 1.63. The number of nitrogens with one attached hydrogen (secondary N) is 1. The van der Waals surface area contributed by atoms with E-state index in [0.29, 0.717) is 16.6 Å². The van der Waals surface area contributed by atoms with Crippen LogP contribution in [0.2, 0.25) is 5.02 Å². The molecular weight excluding hydrogens is 418 g/mol. The number of aryl methyl sites for hydroxylation is 2. The molecule has 3 aromatic rings. The Balaban J connectivity index is 1.67. The number of furan rings is 1. The van der Waals surface area contributed by atoms with Crippen LogP contribution in [0.5, 0.6) is 0 Å². The average Bonchev–Trinajstić information content (AvgIpc) is 3.07. The molecule has 1 heterocycles. The molecule has 160 valence electrons. The van der Waals surface area contributed by atoms with Crippen LogP contribution in [0.25, 0.3) is 11.0 Å². The van der Waals surface area contributed by atoms with E-state index >= 15 is 0 Å². The van der Waals surface area contributed by atoms with Crippen LogP contribution in [0, 0.1) is 18.3 Å². The molecule has 1 aromatic heterocycles. The Morgan fingerprint density at radius 3 is 2.67 bits per heavy atom. The van der Waals surface area contributed by atoms with Gasteiger partial charge in [0.05, 0.1) is 4.90 Å². The van der Waals surface area contributed by atoms with Gasteiger partial charge in [-0.15, -0.1) is 0 Å². The standard InChI is InChI=1S/C24H28ClNO3S/c1-5-24(3,4)16-6-10-22-19(13-16)20-14-17(7-11-23(20)29-22)26-30(27,28)18-8-9-21(25)15(2)12-18/h7-9,11-12,14,16,26H,5-6,10,13H2,1-4H3. The molecule has 0 saturated heterocycles. The van der Waals surface area contributed by atoms with Crippen molar-refractivity contribution in [2.45, 2.75) is 58.3 Å². The summed E-state index contributed by atoms with van der Waals surface area (Å²) in [6, 6.07) is 10.2. The lowest BCUT2D eigenvalue weighted by molar-refractivity contribution is 0.179. The first kappa shape index (κ1) is 21.3. The Morgan fingerprint density at radius 2 is 1.97 bits per heavy atom. The average molecular weight is 446 g/mol. The Hall–Kier alpha value is -1.98. The van der Waals surface area contributed by atoms with Gasteiger partial charge in [0.15, 0.2) is 0 Å². The second-order valence-corrected chi connectivity index (χ2v) is 11.1. The lowest BCUT2D eigenvalue weighted by atomic mass is 9.69. The van der Waals surface area contributed by atoms with Crippen LogP contribution in [0.4, 0.5) is 5.69 Å². The molecule has 0 aliphatic heterocycles. The molecule has 1 atom stereocenters. The van der Waals surface area contributed by atoms with Crippen LogP contribution in [-0.2, 0) is 22.9 Å². The van der Waals surface area contributed by atoms with Crippen LogP contribution in [0.1, 0.15) is 50.5 Å². The van der Waals surface area contributed by atoms with Gasteiger partial charge in [0, 0.05) is 28.1 Å². The van der Waals surface area contributed by atoms with Crippen molar-refractivity contribution in [3.05, 3.63) is 58.3 Å². The Kier molecular flexibility index (Phi) is 5.39. The monoisotopic (exact) mass is 445 g/mol. The van der Waals surface area contributed by atoms with Gasteiger partial charge in [0.25, 0.3) is 10.0 Å². The van der Waals surface area contributed by atoms with Crippen molar-refractivity contribution >= 4 is 38.3 Å². The minimum atomic E-state index is -3.70. The first-order chi connectivity index (χ1) is 14.1. The van der Waals surface area contributed by atoms with Crippen molar-refractivity contribution in [1.82, 2.24) is 0 Å². The van der Waals surface area contributed by atoms with E-state index in [9.17, 15) is 8.42 Å². The molecule has 4 rings (SSSR count). The van der Waals surface area contributed by atoms with Crippen molar-refractivity contribution in [3.8, 4) is 0 Å². The molecular formula is C24H28ClNO3S. The summed E-state index contributed by atoms with van der Waals surface area (Å²) < 4.78 is 34.5. The van der Waals surface area contributed by atoms with Crippen molar-refractivity contribution in [2.75, 3.05) is 4.72 Å². The molecule has 0 amide bonds. The van der Waals surface area contributed by atoms with Crippen molar-refractivity contribution in [2.24, 2.45) is 11.3 Å². The summed E-state index contributed by atoms with van der Waals surface area (Å²) >= 11 is 6.04. The molecule has 1 aliphatic rings. The zero-order valence-electron chi connectivity index (χ0n) is 17.9. The maximum atomic E-state index is 12.9. The van der Waals surface area contributed by atoms with Crippen LogP contribution in [0.3, 0.4) is 0 Å². The van der Waals surface area contributed by atoms with Crippen molar-refractivity contribution in [3.63, 3.8) is 0 Å². The number of fused-ring (bicyclic) bond motifs is 3. The van der Waals surface area contributed by atoms with E-state index in [1.165, 1.54) is 11.6 Å². The summed E-state index contributed by atoms with van der Waals surface area (Å²) in [6.07, 6.45) is 4.16. The molecule has 2 aromatic carbocycles. The maximum absolute atomic E-state index is 12.9. The van der Waals surface area contributed by atoms with E-state index in [0.717, 1.165) is 48.0 Å². The summed E-state index contributed by atoms with van der Waals surface area (Å²) in [5.41, 5.74) is 3.58. The van der Waals surface area contributed by atoms with Crippen LogP contribution >= 0.6 is 11.6 Å². The zero-order valence-corrected chi connectivity index (χ0v) is 19.5. The molecule has 0 bridgehead atoms. The molecule has 0 saturated carbocycles. The molecule has 1 aliphatic carbocycles. The summed E-state index contributed by atoms with van der Waals surface area (Å²) in [6.45, 7) is 8.70. The van der Waals surface area contributed by atoms with Crippen LogP contribution < -0.4 is 4.72 Å². The second-order valence-electron chi connectivity index (χ2n) is 9.01. The number of anilines is 1. The molecule has 6 heteroatoms. The minimum absolute atomic E-state index is 0.198. The number of hydrogen-bond donors (Lipinski definition) is 1. The smallest absolute Gasteiger partial charge is 0.261 e. The SMILES string of the molecule is CCC(C)(C)C1CCc2oc3ccc(NS(=O)(=O)c4ccc(Cl)c(C)c4)cc3c2C1. The van der Waals surface area contributed by atoms with Gasteiger partial charge >= 0.3 is 0 Å². The first-order valence-electron chi connectivity index (χ1n) is 10.4. The fourth-order valence-corrected chi connectivity index (χ4v) is 5.55. The molecule has 0 fully saturated rings. The molecule has 4 nitrogen and oxygen atoms in total. The maximum Gasteiger partial charge on any atom is 0.261 e. The van der Waals surface area contributed by atoms with Gasteiger partial charge in [-0.05, 0) is 73.1 Å². The summed E-state index contributed by atoms with van der Waals surface area (Å²) in [5, 5.41) is 1.55. The van der Waals surface area contributed by atoms with Crippen LogP contribution in [0.15, 0.2) is 45.7 Å². The number of halogens is 1. The highest BCUT2D eigenvalue weighted by atomic mass is 35.5. The minimum Gasteiger partial charge on any atom is -0.461 e. The van der Waals surface area contributed by atoms with Gasteiger partial charge in [-0.2, -0.15) is 0 Å². The van der Waals surface area contributed by atoms with Gasteiger partial charge in [0.2, 0.25) is 0 Å². The van der Waals surface area contributed by atoms with E-state index in [2.05, 4.69) is 25.5 Å². The van der Waals surface area contributed by atoms with Gasteiger partial charge in [-0.1, -0.05) is 38.8 Å². The molecule has 0 spiro atoms. The third kappa shape index (κ3) is 3.85. The number of benzene rings is 2. The lowest BCUT2D eigenvalue weighted by Crippen LogP contribution is -2.28. The number of rotatable bonds is 5. The van der Waals surface area contributed by atoms with Gasteiger partial charge in [0.1, 0.15) is 11.3 Å². The third-order valence-corrected chi connectivity index (χ3v) is 8.56. The van der Waals surface area contributed by atoms with E-state index in [-0.39, 0.29) is 10.3 Å².